The number of hydrogen-bond donors (Lipinski definition) is 2. The van der Waals surface area contributed by atoms with Gasteiger partial charge in [-0.05, 0) is 48.5 Å². The quantitative estimate of drug-likeness (QED) is 0.630. The smallest absolute Gasteiger partial charge is 0.258 e. The maximum Gasteiger partial charge on any atom is 0.258 e. The molecule has 3 aromatic rings. The summed E-state index contributed by atoms with van der Waals surface area (Å²) in [6.45, 7) is 2.90. The normalized spacial score (nSPS) is 23.8. The number of aliphatic hydroxyl groups excluding tert-OH is 1. The maximum atomic E-state index is 13.3. The fourth-order valence-corrected chi connectivity index (χ4v) is 5.57. The number of amides is 1. The number of benzene rings is 2. The van der Waals surface area contributed by atoms with E-state index in [9.17, 15) is 19.1 Å². The van der Waals surface area contributed by atoms with Gasteiger partial charge in [-0.2, -0.15) is 0 Å². The molecule has 1 fully saturated rings. The summed E-state index contributed by atoms with van der Waals surface area (Å²) in [5, 5.41) is 13.3. The minimum atomic E-state index is -0.490. The number of hydrogen-bond acceptors (Lipinski definition) is 4. The lowest BCUT2D eigenvalue weighted by molar-refractivity contribution is -0.122. The van der Waals surface area contributed by atoms with Crippen molar-refractivity contribution in [2.45, 2.75) is 25.6 Å². The van der Waals surface area contributed by atoms with E-state index in [2.05, 4.69) is 10.2 Å². The van der Waals surface area contributed by atoms with Gasteiger partial charge in [0.05, 0.1) is 12.1 Å². The number of aromatic nitrogens is 1. The van der Waals surface area contributed by atoms with Crippen molar-refractivity contribution in [3.05, 3.63) is 88.6 Å². The monoisotopic (exact) mass is 447 g/mol. The van der Waals surface area contributed by atoms with E-state index in [-0.39, 0.29) is 41.8 Å². The third kappa shape index (κ3) is 3.57. The van der Waals surface area contributed by atoms with Gasteiger partial charge in [-0.3, -0.25) is 14.5 Å². The molecule has 0 spiro atoms. The van der Waals surface area contributed by atoms with Gasteiger partial charge in [0.2, 0.25) is 5.91 Å². The lowest BCUT2D eigenvalue weighted by atomic mass is 9.88. The van der Waals surface area contributed by atoms with Gasteiger partial charge in [0.25, 0.3) is 5.56 Å². The summed E-state index contributed by atoms with van der Waals surface area (Å²) < 4.78 is 15.1. The van der Waals surface area contributed by atoms with Crippen molar-refractivity contribution >= 4 is 11.6 Å². The van der Waals surface area contributed by atoms with Crippen LogP contribution in [-0.4, -0.2) is 39.7 Å². The zero-order valence-corrected chi connectivity index (χ0v) is 18.3. The number of aliphatic hydroxyl groups is 1. The predicted molar refractivity (Wildman–Crippen MR) is 124 cm³/mol. The molecule has 2 N–H and O–H groups in total. The lowest BCUT2D eigenvalue weighted by Crippen LogP contribution is -2.45. The second kappa shape index (κ2) is 8.57. The van der Waals surface area contributed by atoms with E-state index in [0.29, 0.717) is 29.9 Å². The predicted octanol–water partition coefficient (Wildman–Crippen LogP) is 3.28. The molecule has 0 bridgehead atoms. The minimum Gasteiger partial charge on any atom is -0.396 e. The van der Waals surface area contributed by atoms with Gasteiger partial charge in [0.15, 0.2) is 0 Å². The SMILES string of the molecule is CCN1[C@H](C(=O)Nc2ccccc2)[C@@H](CO)[C@@H]2Cn3c(ccc(-c4ccc(F)cc4)c3=O)[C@@H]21. The van der Waals surface area contributed by atoms with Crippen LogP contribution in [0.4, 0.5) is 10.1 Å². The first-order chi connectivity index (χ1) is 16.0. The number of halogens is 1. The third-order valence-electron chi connectivity index (χ3n) is 7.02. The summed E-state index contributed by atoms with van der Waals surface area (Å²) in [6.07, 6.45) is 0. The van der Waals surface area contributed by atoms with Crippen LogP contribution in [0.1, 0.15) is 18.7 Å². The number of anilines is 1. The van der Waals surface area contributed by atoms with Crippen molar-refractivity contribution in [2.75, 3.05) is 18.5 Å². The van der Waals surface area contributed by atoms with E-state index in [1.807, 2.05) is 43.3 Å². The number of para-hydroxylation sites is 1. The number of rotatable bonds is 5. The molecule has 170 valence electrons. The van der Waals surface area contributed by atoms with E-state index in [0.717, 1.165) is 5.69 Å². The molecule has 5 rings (SSSR count). The van der Waals surface area contributed by atoms with E-state index < -0.39 is 6.04 Å². The van der Waals surface area contributed by atoms with Crippen LogP contribution in [0, 0.1) is 17.7 Å². The molecule has 1 saturated heterocycles. The molecule has 0 radical (unpaired) electrons. The number of fused-ring (bicyclic) bond motifs is 3. The van der Waals surface area contributed by atoms with Crippen molar-refractivity contribution in [2.24, 2.45) is 11.8 Å². The van der Waals surface area contributed by atoms with Crippen LogP contribution in [0.3, 0.4) is 0 Å². The van der Waals surface area contributed by atoms with Crippen molar-refractivity contribution in [3.63, 3.8) is 0 Å². The largest absolute Gasteiger partial charge is 0.396 e. The van der Waals surface area contributed by atoms with Crippen LogP contribution >= 0.6 is 0 Å². The summed E-state index contributed by atoms with van der Waals surface area (Å²) in [7, 11) is 0. The number of carbonyl (C=O) groups excluding carboxylic acids is 1. The van der Waals surface area contributed by atoms with Gasteiger partial charge < -0.3 is 15.0 Å². The average Bonchev–Trinajstić information content (AvgIpc) is 3.35. The standard InChI is InChI=1S/C26H26FN3O3/c1-2-29-23-20(21(15-31)24(29)25(32)28-18-6-4-3-5-7-18)14-30-22(23)13-12-19(26(30)33)16-8-10-17(27)11-9-16/h3-13,20-21,23-24,31H,2,14-15H2,1H3,(H,28,32)/t20-,21-,23+,24-/m0/s1. The molecule has 0 saturated carbocycles. The Balaban J connectivity index is 1.50. The molecule has 6 nitrogen and oxygen atoms in total. The van der Waals surface area contributed by atoms with Gasteiger partial charge in [-0.15, -0.1) is 0 Å². The van der Waals surface area contributed by atoms with Gasteiger partial charge in [-0.25, -0.2) is 4.39 Å². The zero-order valence-electron chi connectivity index (χ0n) is 18.3. The van der Waals surface area contributed by atoms with E-state index in [4.69, 9.17) is 0 Å². The molecule has 0 aliphatic carbocycles. The van der Waals surface area contributed by atoms with Crippen LogP contribution in [-0.2, 0) is 11.3 Å². The molecular formula is C26H26FN3O3. The van der Waals surface area contributed by atoms with Crippen molar-refractivity contribution in [1.82, 2.24) is 9.47 Å². The minimum absolute atomic E-state index is 0.0577. The molecule has 3 heterocycles. The summed E-state index contributed by atoms with van der Waals surface area (Å²) in [4.78, 5) is 28.7. The fraction of sp³-hybridized carbons (Fsp3) is 0.308. The van der Waals surface area contributed by atoms with Crippen LogP contribution in [0.2, 0.25) is 0 Å². The van der Waals surface area contributed by atoms with Crippen LogP contribution in [0.5, 0.6) is 0 Å². The lowest BCUT2D eigenvalue weighted by Gasteiger charge is -2.29. The topological polar surface area (TPSA) is 74.6 Å². The molecular weight excluding hydrogens is 421 g/mol. The highest BCUT2D eigenvalue weighted by molar-refractivity contribution is 5.95. The van der Waals surface area contributed by atoms with Crippen LogP contribution in [0.25, 0.3) is 11.1 Å². The fourth-order valence-electron chi connectivity index (χ4n) is 5.57. The molecule has 4 atom stereocenters. The summed E-state index contributed by atoms with van der Waals surface area (Å²) in [5.74, 6) is -0.850. The molecule has 2 aliphatic heterocycles. The first-order valence-electron chi connectivity index (χ1n) is 11.3. The van der Waals surface area contributed by atoms with Crippen molar-refractivity contribution in [3.8, 4) is 11.1 Å². The molecule has 1 aromatic heterocycles. The number of likely N-dealkylation sites (N-methyl/N-ethyl adjacent to an activating group) is 1. The summed E-state index contributed by atoms with van der Waals surface area (Å²) in [6, 6.07) is 18.3. The second-order valence-corrected chi connectivity index (χ2v) is 8.68. The summed E-state index contributed by atoms with van der Waals surface area (Å²) >= 11 is 0. The zero-order chi connectivity index (χ0) is 23.1. The molecule has 1 amide bonds. The van der Waals surface area contributed by atoms with Crippen molar-refractivity contribution in [1.29, 1.82) is 0 Å². The van der Waals surface area contributed by atoms with Gasteiger partial charge in [0, 0.05) is 41.9 Å². The van der Waals surface area contributed by atoms with E-state index in [1.54, 1.807) is 22.8 Å². The Hall–Kier alpha value is -3.29. The molecule has 7 heteroatoms. The number of nitrogens with zero attached hydrogens (tertiary/aromatic N) is 2. The van der Waals surface area contributed by atoms with Crippen LogP contribution in [0.15, 0.2) is 71.5 Å². The molecule has 0 unspecified atom stereocenters. The Kier molecular flexibility index (Phi) is 5.60. The van der Waals surface area contributed by atoms with E-state index >= 15 is 0 Å². The molecule has 2 aromatic carbocycles. The van der Waals surface area contributed by atoms with Crippen LogP contribution < -0.4 is 10.9 Å². The Morgan fingerprint density at radius 1 is 1.09 bits per heavy atom. The Morgan fingerprint density at radius 2 is 1.82 bits per heavy atom. The number of likely N-dealkylation sites (tertiary alicyclic amines) is 1. The third-order valence-corrected chi connectivity index (χ3v) is 7.02. The number of carbonyl (C=O) groups is 1. The van der Waals surface area contributed by atoms with Gasteiger partial charge in [0.1, 0.15) is 5.82 Å². The first-order valence-corrected chi connectivity index (χ1v) is 11.3. The highest BCUT2D eigenvalue weighted by Gasteiger charge is 2.55. The average molecular weight is 448 g/mol. The van der Waals surface area contributed by atoms with Gasteiger partial charge in [-0.1, -0.05) is 37.3 Å². The summed E-state index contributed by atoms with van der Waals surface area (Å²) in [5.41, 5.74) is 2.62. The first kappa shape index (κ1) is 21.6. The number of pyridine rings is 1. The molecule has 33 heavy (non-hydrogen) atoms. The maximum absolute atomic E-state index is 13.3. The second-order valence-electron chi connectivity index (χ2n) is 8.68. The van der Waals surface area contributed by atoms with Crippen molar-refractivity contribution < 1.29 is 14.3 Å². The Labute approximate surface area is 191 Å². The number of nitrogens with one attached hydrogen (secondary N) is 1. The molecule has 2 aliphatic rings. The van der Waals surface area contributed by atoms with Gasteiger partial charge >= 0.3 is 0 Å². The Bertz CT molecular complexity index is 1230. The highest BCUT2D eigenvalue weighted by Crippen LogP contribution is 2.49. The highest BCUT2D eigenvalue weighted by atomic mass is 19.1. The van der Waals surface area contributed by atoms with E-state index in [1.165, 1.54) is 12.1 Å². The Morgan fingerprint density at radius 3 is 2.48 bits per heavy atom.